The number of hydrogen-bond acceptors (Lipinski definition) is 3. The van der Waals surface area contributed by atoms with E-state index in [0.717, 1.165) is 11.1 Å². The molecule has 0 aromatic heterocycles. The van der Waals surface area contributed by atoms with Gasteiger partial charge in [0, 0.05) is 5.56 Å². The number of fused-ring (bicyclic) bond motifs is 1. The maximum Gasteiger partial charge on any atom is 0.506 e. The fourth-order valence-corrected chi connectivity index (χ4v) is 3.60. The van der Waals surface area contributed by atoms with Gasteiger partial charge >= 0.3 is 11.9 Å². The minimum absolute atomic E-state index is 0.224. The number of amides is 3. The van der Waals surface area contributed by atoms with E-state index in [-0.39, 0.29) is 12.5 Å². The first-order valence-electron chi connectivity index (χ1n) is 9.02. The summed E-state index contributed by atoms with van der Waals surface area (Å²) in [5, 5.41) is 9.40. The van der Waals surface area contributed by atoms with E-state index in [2.05, 4.69) is 6.07 Å². The summed E-state index contributed by atoms with van der Waals surface area (Å²) in [5.41, 5.74) is 3.32. The lowest BCUT2D eigenvalue weighted by molar-refractivity contribution is -0.445. The molecule has 0 bridgehead atoms. The fraction of sp³-hybridized carbons (Fsp3) is 0.130. The second-order valence-corrected chi connectivity index (χ2v) is 6.74. The molecular weight excluding hydrogens is 350 g/mol. The molecule has 2 aromatic rings. The molecule has 0 fully saturated rings. The van der Waals surface area contributed by atoms with Crippen molar-refractivity contribution in [2.24, 2.45) is 5.92 Å². The number of carbonyl (C=O) groups excluding carboxylic acids is 2. The summed E-state index contributed by atoms with van der Waals surface area (Å²) >= 11 is 0. The van der Waals surface area contributed by atoms with Gasteiger partial charge in [0.05, 0.1) is 11.6 Å². The summed E-state index contributed by atoms with van der Waals surface area (Å²) in [5.74, 6) is -0.795. The van der Waals surface area contributed by atoms with E-state index in [0.29, 0.717) is 17.0 Å². The number of rotatable bonds is 3. The quantitative estimate of drug-likeness (QED) is 0.776. The normalized spacial score (nSPS) is 18.3. The van der Waals surface area contributed by atoms with Gasteiger partial charge in [0.1, 0.15) is 23.9 Å². The average molecular weight is 368 g/mol. The molecule has 0 saturated heterocycles. The molecule has 3 amide bonds. The second-order valence-electron chi connectivity index (χ2n) is 6.74. The number of hydrogen-bond donors (Lipinski definition) is 0. The van der Waals surface area contributed by atoms with Crippen LogP contribution in [-0.2, 0) is 11.3 Å². The van der Waals surface area contributed by atoms with Crippen molar-refractivity contribution in [2.75, 3.05) is 4.90 Å². The Balaban J connectivity index is 1.86. The van der Waals surface area contributed by atoms with E-state index in [1.807, 2.05) is 49.4 Å². The summed E-state index contributed by atoms with van der Waals surface area (Å²) in [6, 6.07) is 16.3. The number of urea groups is 1. The Hall–Kier alpha value is -3.78. The SMILES string of the molecule is Cc1ccccc1N1C(=O)C2C=CC=CC2=[N+](Cc2ccccc2C#N)C1=O. The molecule has 0 radical (unpaired) electrons. The Morgan fingerprint density at radius 2 is 1.82 bits per heavy atom. The van der Waals surface area contributed by atoms with Gasteiger partial charge in [0.25, 0.3) is 0 Å². The standard InChI is InChI=1S/C23H18N3O2/c1-16-8-2-6-12-20(16)26-22(27)19-11-5-7-13-21(19)25(23(26)28)15-18-10-4-3-9-17(18)14-24/h2-13,19H,15H2,1H3/q+1. The Morgan fingerprint density at radius 1 is 1.07 bits per heavy atom. The van der Waals surface area contributed by atoms with Crippen LogP contribution in [0.3, 0.4) is 0 Å². The van der Waals surface area contributed by atoms with Crippen molar-refractivity contribution < 1.29 is 14.2 Å². The van der Waals surface area contributed by atoms with E-state index in [1.54, 1.807) is 34.9 Å². The van der Waals surface area contributed by atoms with E-state index in [1.165, 1.54) is 4.90 Å². The van der Waals surface area contributed by atoms with Crippen molar-refractivity contribution in [3.63, 3.8) is 0 Å². The molecule has 0 saturated carbocycles. The van der Waals surface area contributed by atoms with Gasteiger partial charge in [0.15, 0.2) is 0 Å². The van der Waals surface area contributed by atoms with Gasteiger partial charge in [-0.1, -0.05) is 54.6 Å². The Bertz CT molecular complexity index is 1120. The van der Waals surface area contributed by atoms with Gasteiger partial charge in [-0.25, -0.2) is 4.79 Å². The van der Waals surface area contributed by atoms with Crippen LogP contribution in [0, 0.1) is 24.2 Å². The minimum Gasteiger partial charge on any atom is -0.245 e. The van der Waals surface area contributed by atoms with Crippen LogP contribution in [0.5, 0.6) is 0 Å². The average Bonchev–Trinajstić information content (AvgIpc) is 2.73. The number of aryl methyl sites for hydroxylation is 1. The van der Waals surface area contributed by atoms with Crippen molar-refractivity contribution in [3.8, 4) is 6.07 Å². The van der Waals surface area contributed by atoms with Crippen LogP contribution in [0.15, 0.2) is 72.8 Å². The molecule has 5 nitrogen and oxygen atoms in total. The van der Waals surface area contributed by atoms with Crippen LogP contribution in [-0.4, -0.2) is 22.2 Å². The molecule has 1 aliphatic carbocycles. The monoisotopic (exact) mass is 368 g/mol. The van der Waals surface area contributed by atoms with Crippen molar-refractivity contribution in [1.82, 2.24) is 0 Å². The van der Waals surface area contributed by atoms with Crippen LogP contribution >= 0.6 is 0 Å². The molecule has 2 aliphatic rings. The summed E-state index contributed by atoms with van der Waals surface area (Å²) < 4.78 is 1.59. The van der Waals surface area contributed by atoms with Gasteiger partial charge < -0.3 is 0 Å². The van der Waals surface area contributed by atoms with Crippen molar-refractivity contribution in [2.45, 2.75) is 13.5 Å². The Morgan fingerprint density at radius 3 is 2.61 bits per heavy atom. The highest BCUT2D eigenvalue weighted by molar-refractivity contribution is 6.26. The lowest BCUT2D eigenvalue weighted by Crippen LogP contribution is -2.54. The predicted octanol–water partition coefficient (Wildman–Crippen LogP) is 3.73. The molecule has 1 unspecified atom stereocenters. The molecule has 5 heteroatoms. The summed E-state index contributed by atoms with van der Waals surface area (Å²) in [4.78, 5) is 27.8. The third-order valence-corrected chi connectivity index (χ3v) is 5.04. The highest BCUT2D eigenvalue weighted by Gasteiger charge is 2.48. The van der Waals surface area contributed by atoms with Gasteiger partial charge in [-0.3, -0.25) is 0 Å². The summed E-state index contributed by atoms with van der Waals surface area (Å²) in [7, 11) is 0. The topological polar surface area (TPSA) is 64.2 Å². The fourth-order valence-electron chi connectivity index (χ4n) is 3.60. The van der Waals surface area contributed by atoms with E-state index in [9.17, 15) is 14.9 Å². The lowest BCUT2D eigenvalue weighted by Gasteiger charge is -2.27. The van der Waals surface area contributed by atoms with Gasteiger partial charge in [0.2, 0.25) is 0 Å². The number of nitrogens with zero attached hydrogens (tertiary/aromatic N) is 3. The van der Waals surface area contributed by atoms with Crippen LogP contribution in [0.25, 0.3) is 0 Å². The van der Waals surface area contributed by atoms with Gasteiger partial charge in [-0.2, -0.15) is 14.6 Å². The van der Waals surface area contributed by atoms with Gasteiger partial charge in [-0.05, 0) is 30.7 Å². The van der Waals surface area contributed by atoms with Crippen LogP contribution < -0.4 is 4.90 Å². The highest BCUT2D eigenvalue weighted by atomic mass is 16.2. The zero-order chi connectivity index (χ0) is 19.7. The smallest absolute Gasteiger partial charge is 0.245 e. The Kier molecular flexibility index (Phi) is 4.46. The minimum atomic E-state index is -0.531. The predicted molar refractivity (Wildman–Crippen MR) is 106 cm³/mol. The number of anilines is 1. The highest BCUT2D eigenvalue weighted by Crippen LogP contribution is 2.28. The number of allylic oxidation sites excluding steroid dienone is 3. The Labute approximate surface area is 163 Å². The number of imide groups is 1. The van der Waals surface area contributed by atoms with Gasteiger partial charge in [-0.15, -0.1) is 4.90 Å². The van der Waals surface area contributed by atoms with Crippen molar-refractivity contribution in [3.05, 3.63) is 89.5 Å². The molecule has 136 valence electrons. The van der Waals surface area contributed by atoms with Crippen LogP contribution in [0.2, 0.25) is 0 Å². The third kappa shape index (κ3) is 2.85. The summed E-state index contributed by atoms with van der Waals surface area (Å²) in [6.45, 7) is 2.10. The second kappa shape index (κ2) is 7.09. The third-order valence-electron chi connectivity index (χ3n) is 5.04. The summed E-state index contributed by atoms with van der Waals surface area (Å²) in [6.07, 6.45) is 7.24. The van der Waals surface area contributed by atoms with Crippen LogP contribution in [0.4, 0.5) is 10.5 Å². The van der Waals surface area contributed by atoms with Crippen molar-refractivity contribution >= 4 is 23.3 Å². The molecule has 1 heterocycles. The maximum atomic E-state index is 13.4. The van der Waals surface area contributed by atoms with Crippen molar-refractivity contribution in [1.29, 1.82) is 5.26 Å². The number of nitriles is 1. The molecular formula is C23H18N3O2+. The first kappa shape index (κ1) is 17.6. The van der Waals surface area contributed by atoms with E-state index in [4.69, 9.17) is 0 Å². The first-order valence-corrected chi connectivity index (χ1v) is 9.02. The lowest BCUT2D eigenvalue weighted by atomic mass is 9.93. The number of benzene rings is 2. The molecule has 0 spiro atoms. The van der Waals surface area contributed by atoms with E-state index < -0.39 is 11.9 Å². The number of para-hydroxylation sites is 1. The van der Waals surface area contributed by atoms with Crippen LogP contribution in [0.1, 0.15) is 16.7 Å². The molecule has 2 aromatic carbocycles. The zero-order valence-electron chi connectivity index (χ0n) is 15.4. The van der Waals surface area contributed by atoms with E-state index >= 15 is 0 Å². The maximum absolute atomic E-state index is 13.4. The molecule has 0 N–H and O–H groups in total. The molecule has 28 heavy (non-hydrogen) atoms. The molecule has 4 rings (SSSR count). The first-order chi connectivity index (χ1) is 13.6. The zero-order valence-corrected chi connectivity index (χ0v) is 15.4. The largest absolute Gasteiger partial charge is 0.506 e. The number of carbonyl (C=O) groups is 2. The molecule has 1 atom stereocenters. The molecule has 1 aliphatic heterocycles.